The summed E-state index contributed by atoms with van der Waals surface area (Å²) >= 11 is 0. The molecule has 1 N–H and O–H groups in total. The van der Waals surface area contributed by atoms with Gasteiger partial charge in [0.1, 0.15) is 11.5 Å². The monoisotopic (exact) mass is 263 g/mol. The molecule has 1 aromatic rings. The first-order valence-corrected chi connectivity index (χ1v) is 7.90. The number of aryl methyl sites for hydroxylation is 1. The zero-order valence-electron chi connectivity index (χ0n) is 13.0. The third-order valence-electron chi connectivity index (χ3n) is 4.69. The fourth-order valence-corrected chi connectivity index (χ4v) is 3.46. The Morgan fingerprint density at radius 3 is 2.68 bits per heavy atom. The summed E-state index contributed by atoms with van der Waals surface area (Å²) in [6.07, 6.45) is 6.16. The molecule has 0 bridgehead atoms. The van der Waals surface area contributed by atoms with Crippen LogP contribution in [0.2, 0.25) is 0 Å². The van der Waals surface area contributed by atoms with E-state index in [1.807, 2.05) is 0 Å². The van der Waals surface area contributed by atoms with Crippen LogP contribution in [-0.2, 0) is 6.42 Å². The van der Waals surface area contributed by atoms with Crippen LogP contribution in [0.4, 0.5) is 0 Å². The van der Waals surface area contributed by atoms with Crippen molar-refractivity contribution in [1.82, 2.24) is 5.32 Å². The molecule has 2 unspecified atom stereocenters. The lowest BCUT2D eigenvalue weighted by Crippen LogP contribution is -2.34. The summed E-state index contributed by atoms with van der Waals surface area (Å²) in [5.41, 5.74) is 0.421. The maximum atomic E-state index is 6.04. The van der Waals surface area contributed by atoms with Crippen LogP contribution in [0.15, 0.2) is 16.5 Å². The summed E-state index contributed by atoms with van der Waals surface area (Å²) in [5, 5.41) is 3.73. The molecule has 2 atom stereocenters. The first-order chi connectivity index (χ1) is 9.08. The minimum absolute atomic E-state index is 0.387. The van der Waals surface area contributed by atoms with E-state index in [0.717, 1.165) is 24.5 Å². The van der Waals surface area contributed by atoms with Gasteiger partial charge in [0.2, 0.25) is 0 Å². The van der Waals surface area contributed by atoms with Crippen LogP contribution in [0.5, 0.6) is 0 Å². The van der Waals surface area contributed by atoms with E-state index in [1.54, 1.807) is 0 Å². The highest BCUT2D eigenvalue weighted by Crippen LogP contribution is 2.48. The van der Waals surface area contributed by atoms with Gasteiger partial charge in [-0.1, -0.05) is 34.1 Å². The SMILES string of the molecule is CCCNC(c1ccc(CC)o1)C1CCCC1(C)C. The van der Waals surface area contributed by atoms with E-state index in [1.165, 1.54) is 25.7 Å². The second-order valence-electron chi connectivity index (χ2n) is 6.58. The van der Waals surface area contributed by atoms with Crippen LogP contribution in [0.3, 0.4) is 0 Å². The minimum Gasteiger partial charge on any atom is -0.464 e. The third kappa shape index (κ3) is 3.22. The second kappa shape index (κ2) is 6.13. The Labute approximate surface area is 118 Å². The first-order valence-electron chi connectivity index (χ1n) is 7.90. The average Bonchev–Trinajstić information content (AvgIpc) is 2.97. The lowest BCUT2D eigenvalue weighted by molar-refractivity contribution is 0.179. The molecule has 1 aromatic heterocycles. The maximum Gasteiger partial charge on any atom is 0.121 e. The Kier molecular flexibility index (Phi) is 4.72. The number of hydrogen-bond donors (Lipinski definition) is 1. The van der Waals surface area contributed by atoms with Gasteiger partial charge in [-0.3, -0.25) is 0 Å². The molecule has 1 aliphatic carbocycles. The number of furan rings is 1. The zero-order valence-corrected chi connectivity index (χ0v) is 13.0. The van der Waals surface area contributed by atoms with Crippen LogP contribution in [-0.4, -0.2) is 6.54 Å². The highest BCUT2D eigenvalue weighted by atomic mass is 16.3. The molecule has 2 nitrogen and oxygen atoms in total. The van der Waals surface area contributed by atoms with E-state index in [2.05, 4.69) is 45.1 Å². The fraction of sp³-hybridized carbons (Fsp3) is 0.765. The van der Waals surface area contributed by atoms with Crippen molar-refractivity contribution in [3.05, 3.63) is 23.7 Å². The van der Waals surface area contributed by atoms with E-state index in [-0.39, 0.29) is 0 Å². The van der Waals surface area contributed by atoms with Gasteiger partial charge in [-0.05, 0) is 49.3 Å². The molecule has 0 spiro atoms. The van der Waals surface area contributed by atoms with E-state index in [9.17, 15) is 0 Å². The molecule has 19 heavy (non-hydrogen) atoms. The molecule has 1 saturated carbocycles. The van der Waals surface area contributed by atoms with Gasteiger partial charge in [0.05, 0.1) is 6.04 Å². The van der Waals surface area contributed by atoms with E-state index in [4.69, 9.17) is 4.42 Å². The predicted molar refractivity (Wildman–Crippen MR) is 80.2 cm³/mol. The fourth-order valence-electron chi connectivity index (χ4n) is 3.46. The highest BCUT2D eigenvalue weighted by Gasteiger charge is 2.40. The minimum atomic E-state index is 0.387. The molecule has 0 saturated heterocycles. The first kappa shape index (κ1) is 14.6. The molecule has 1 aliphatic rings. The summed E-state index contributed by atoms with van der Waals surface area (Å²) in [6.45, 7) is 10.3. The van der Waals surface area contributed by atoms with Crippen molar-refractivity contribution in [2.24, 2.45) is 11.3 Å². The second-order valence-corrected chi connectivity index (χ2v) is 6.58. The highest BCUT2D eigenvalue weighted by molar-refractivity contribution is 5.13. The van der Waals surface area contributed by atoms with Crippen LogP contribution in [0, 0.1) is 11.3 Å². The van der Waals surface area contributed by atoms with E-state index in [0.29, 0.717) is 17.4 Å². The molecule has 0 amide bonds. The third-order valence-corrected chi connectivity index (χ3v) is 4.69. The molecular weight excluding hydrogens is 234 g/mol. The summed E-state index contributed by atoms with van der Waals surface area (Å²) in [5.74, 6) is 2.94. The van der Waals surface area contributed by atoms with Crippen molar-refractivity contribution < 1.29 is 4.42 Å². The predicted octanol–water partition coefficient (Wildman–Crippen LogP) is 4.71. The van der Waals surface area contributed by atoms with Crippen LogP contribution >= 0.6 is 0 Å². The van der Waals surface area contributed by atoms with E-state index >= 15 is 0 Å². The number of hydrogen-bond acceptors (Lipinski definition) is 2. The molecule has 1 fully saturated rings. The largest absolute Gasteiger partial charge is 0.464 e. The molecule has 2 heteroatoms. The number of nitrogens with one attached hydrogen (secondary N) is 1. The van der Waals surface area contributed by atoms with Crippen molar-refractivity contribution >= 4 is 0 Å². The van der Waals surface area contributed by atoms with Gasteiger partial charge in [0, 0.05) is 6.42 Å². The molecule has 0 aromatic carbocycles. The van der Waals surface area contributed by atoms with Crippen molar-refractivity contribution in [1.29, 1.82) is 0 Å². The van der Waals surface area contributed by atoms with Crippen molar-refractivity contribution in [2.45, 2.75) is 65.8 Å². The lowest BCUT2D eigenvalue weighted by atomic mass is 9.76. The molecule has 1 heterocycles. The van der Waals surface area contributed by atoms with Crippen molar-refractivity contribution in [2.75, 3.05) is 6.54 Å². The Hall–Kier alpha value is -0.760. The summed E-state index contributed by atoms with van der Waals surface area (Å²) in [7, 11) is 0. The Morgan fingerprint density at radius 1 is 1.37 bits per heavy atom. The van der Waals surface area contributed by atoms with Gasteiger partial charge in [-0.15, -0.1) is 0 Å². The van der Waals surface area contributed by atoms with Gasteiger partial charge in [-0.25, -0.2) is 0 Å². The quantitative estimate of drug-likeness (QED) is 0.804. The molecule has 2 rings (SSSR count). The van der Waals surface area contributed by atoms with Gasteiger partial charge >= 0.3 is 0 Å². The van der Waals surface area contributed by atoms with Gasteiger partial charge in [0.15, 0.2) is 0 Å². The van der Waals surface area contributed by atoms with Crippen molar-refractivity contribution in [3.8, 4) is 0 Å². The lowest BCUT2D eigenvalue weighted by Gasteiger charge is -2.33. The molecule has 108 valence electrons. The van der Waals surface area contributed by atoms with Gasteiger partial charge in [0.25, 0.3) is 0 Å². The molecule has 0 aliphatic heterocycles. The normalized spacial score (nSPS) is 23.7. The summed E-state index contributed by atoms with van der Waals surface area (Å²) in [6, 6.07) is 4.70. The number of rotatable bonds is 6. The summed E-state index contributed by atoms with van der Waals surface area (Å²) < 4.78 is 6.04. The van der Waals surface area contributed by atoms with E-state index < -0.39 is 0 Å². The summed E-state index contributed by atoms with van der Waals surface area (Å²) in [4.78, 5) is 0. The molecule has 0 radical (unpaired) electrons. The average molecular weight is 263 g/mol. The Balaban J connectivity index is 2.20. The smallest absolute Gasteiger partial charge is 0.121 e. The molecular formula is C17H29NO. The van der Waals surface area contributed by atoms with Gasteiger partial charge in [-0.2, -0.15) is 0 Å². The Morgan fingerprint density at radius 2 is 2.16 bits per heavy atom. The van der Waals surface area contributed by atoms with Crippen LogP contribution in [0.1, 0.15) is 70.9 Å². The maximum absolute atomic E-state index is 6.04. The van der Waals surface area contributed by atoms with Crippen molar-refractivity contribution in [3.63, 3.8) is 0 Å². The standard InChI is InChI=1S/C17H29NO/c1-5-12-18-16(14-8-7-11-17(14,3)4)15-10-9-13(6-2)19-15/h9-10,14,16,18H,5-8,11-12H2,1-4H3. The Bertz CT molecular complexity index is 394. The van der Waals surface area contributed by atoms with Crippen LogP contribution in [0.25, 0.3) is 0 Å². The topological polar surface area (TPSA) is 25.2 Å². The van der Waals surface area contributed by atoms with Gasteiger partial charge < -0.3 is 9.73 Å². The zero-order chi connectivity index (χ0) is 13.9. The van der Waals surface area contributed by atoms with Crippen LogP contribution < -0.4 is 5.32 Å².